The van der Waals surface area contributed by atoms with Gasteiger partial charge in [-0.2, -0.15) is 0 Å². The summed E-state index contributed by atoms with van der Waals surface area (Å²) in [6, 6.07) is 20.6. The Bertz CT molecular complexity index is 3010. The number of hydrogen-bond donors (Lipinski definition) is 4. The predicted molar refractivity (Wildman–Crippen MR) is 308 cm³/mol. The first-order valence-corrected chi connectivity index (χ1v) is 31.0. The quantitative estimate of drug-likeness (QED) is 0.0328. The first kappa shape index (κ1) is 61.5. The van der Waals surface area contributed by atoms with E-state index in [0.717, 1.165) is 33.6 Å². The fraction of sp³-hybridized carbons (Fsp3) is 0.407. The summed E-state index contributed by atoms with van der Waals surface area (Å²) < 4.78 is 25.6. The van der Waals surface area contributed by atoms with E-state index in [-0.39, 0.29) is 33.4 Å². The Hall–Kier alpha value is -6.10. The van der Waals surface area contributed by atoms with E-state index in [9.17, 15) is 9.59 Å². The van der Waals surface area contributed by atoms with Crippen LogP contribution in [-0.4, -0.2) is 60.4 Å². The van der Waals surface area contributed by atoms with Crippen LogP contribution in [0.5, 0.6) is 0 Å². The molecule has 0 aliphatic carbocycles. The van der Waals surface area contributed by atoms with Crippen LogP contribution < -0.4 is 21.7 Å². The van der Waals surface area contributed by atoms with Crippen LogP contribution in [0.25, 0.3) is 32.6 Å². The molecule has 6 aromatic rings. The van der Waals surface area contributed by atoms with Gasteiger partial charge >= 0.3 is 0 Å². The minimum atomic E-state index is -2.13. The Morgan fingerprint density at radius 1 is 0.640 bits per heavy atom. The first-order chi connectivity index (χ1) is 34.8. The minimum Gasteiger partial charge on any atom is -0.418 e. The maximum Gasteiger partial charge on any atom is 0.247 e. The summed E-state index contributed by atoms with van der Waals surface area (Å²) >= 11 is 17.5. The molecule has 4 atom stereocenters. The number of carbonyl (C=O) groups excluding carboxylic acids is 2. The van der Waals surface area contributed by atoms with Crippen molar-refractivity contribution >= 4 is 96.7 Å². The summed E-state index contributed by atoms with van der Waals surface area (Å²) in [5, 5.41) is 27.5. The van der Waals surface area contributed by atoms with Crippen molar-refractivity contribution in [2.75, 3.05) is 21.7 Å². The maximum atomic E-state index is 11.3. The van der Waals surface area contributed by atoms with E-state index < -0.39 is 28.7 Å². The van der Waals surface area contributed by atoms with Crippen molar-refractivity contribution in [3.8, 4) is 22.9 Å². The monoisotopic (exact) mass is 1110 g/mol. The van der Waals surface area contributed by atoms with Gasteiger partial charge in [-0.25, -0.2) is 9.69 Å². The molecule has 0 saturated heterocycles. The summed E-state index contributed by atoms with van der Waals surface area (Å²) in [5.74, 6) is 1.39. The number of amides is 1. The molecule has 0 saturated carbocycles. The van der Waals surface area contributed by atoms with E-state index in [1.165, 1.54) is 13.8 Å². The molecule has 0 bridgehead atoms. The zero-order chi connectivity index (χ0) is 56.4. The van der Waals surface area contributed by atoms with Crippen LogP contribution in [0.3, 0.4) is 0 Å². The van der Waals surface area contributed by atoms with Crippen molar-refractivity contribution in [2.45, 2.75) is 144 Å². The van der Waals surface area contributed by atoms with Crippen molar-refractivity contribution in [2.24, 2.45) is 0 Å². The van der Waals surface area contributed by atoms with Gasteiger partial charge in [-0.05, 0) is 147 Å². The van der Waals surface area contributed by atoms with Crippen molar-refractivity contribution in [1.29, 1.82) is 0 Å². The molecule has 0 aliphatic heterocycles. The number of aromatic nitrogens is 4. The number of hydrogen-bond acceptors (Lipinski definition) is 13. The third-order valence-corrected chi connectivity index (χ3v) is 23.2. The number of nitrogen functional groups attached to an aromatic ring is 1. The number of nitrogens with one attached hydrogen (secondary N) is 3. The second-order valence-electron chi connectivity index (χ2n) is 21.0. The molecule has 6 rings (SSSR count). The average molecular weight is 1120 g/mol. The highest BCUT2D eigenvalue weighted by atomic mass is 35.5. The van der Waals surface area contributed by atoms with Crippen LogP contribution in [0.1, 0.15) is 104 Å². The molecule has 16 nitrogen and oxygen atoms in total. The van der Waals surface area contributed by atoms with E-state index in [4.69, 9.17) is 59.8 Å². The Morgan fingerprint density at radius 3 is 1.31 bits per heavy atom. The highest BCUT2D eigenvalue weighted by Crippen LogP contribution is 2.43. The van der Waals surface area contributed by atoms with E-state index >= 15 is 0 Å². The fourth-order valence-electron chi connectivity index (χ4n) is 6.82. The topological polar surface area (TPSA) is 201 Å². The Labute approximate surface area is 458 Å². The highest BCUT2D eigenvalue weighted by molar-refractivity contribution is 6.74. The van der Waals surface area contributed by atoms with Crippen LogP contribution >= 0.6 is 34.8 Å². The Kier molecular flexibility index (Phi) is 21.0. The normalized spacial score (nSPS) is 13.3. The molecule has 0 spiro atoms. The zero-order valence-electron chi connectivity index (χ0n) is 45.6. The molecular formula is C54H69Cl3N10O6Si2. The predicted octanol–water partition coefficient (Wildman–Crippen LogP) is 15.9. The standard InChI is InChI=1S/C27H34ClN5O3Si.C25H32ClN5O2Si.C2H3ClO/c1-16-21(14-15-22(29-7)23(16)28)31-24(17(2)36-37(8,9)27(4,5)6)26-33-32-25(35-26)19-10-12-20(13-11-19)30-18(3)34;1-15-19(13-14-20(28-6)21(15)26)29-22(16(2)33-34(7,8)25(3,4)5)24-31-30-23(32-24)17-9-11-18(27)12-10-17;1-2(3)4/h10-15,17,24,31H,1-6,8-9H3,(H,30,34);9-14,16,22,29H,27H2,1-5,7-8H3;1H3/t17-,24-;16-,22-;/m11./s1. The lowest BCUT2D eigenvalue weighted by Gasteiger charge is -2.40. The molecule has 0 unspecified atom stereocenters. The van der Waals surface area contributed by atoms with Crippen LogP contribution in [0.15, 0.2) is 81.6 Å². The largest absolute Gasteiger partial charge is 0.418 e. The number of anilines is 4. The molecule has 1 amide bonds. The first-order valence-electron chi connectivity index (χ1n) is 24.1. The van der Waals surface area contributed by atoms with Gasteiger partial charge in [0.1, 0.15) is 12.1 Å². The van der Waals surface area contributed by atoms with Gasteiger partial charge in [0.15, 0.2) is 16.6 Å². The highest BCUT2D eigenvalue weighted by Gasteiger charge is 2.42. The molecule has 21 heteroatoms. The molecule has 400 valence electrons. The van der Waals surface area contributed by atoms with Crippen molar-refractivity contribution in [3.63, 3.8) is 0 Å². The lowest BCUT2D eigenvalue weighted by atomic mass is 10.1. The number of halogens is 3. The van der Waals surface area contributed by atoms with E-state index in [2.05, 4.69) is 125 Å². The number of nitrogens with zero attached hydrogens (tertiary/aromatic N) is 6. The van der Waals surface area contributed by atoms with E-state index in [1.54, 1.807) is 36.4 Å². The van der Waals surface area contributed by atoms with Gasteiger partial charge in [0.05, 0.1) is 35.4 Å². The summed E-state index contributed by atoms with van der Waals surface area (Å²) in [5.41, 5.74) is 12.5. The van der Waals surface area contributed by atoms with Gasteiger partial charge < -0.3 is 39.4 Å². The SMILES string of the molecule is CC(=O)Cl.[C-]#[N+]c1ccc(N[C@@H](c2nnc(-c3ccc(N)cc3)o2)[C@@H](C)O[Si](C)(C)C(C)(C)C)c(C)c1Cl.[C-]#[N+]c1ccc(N[C@@H](c2nnc(-c3ccc(NC(C)=O)cc3)o2)[C@@H](C)O[Si](C)(C)C(C)(C)C)c(C)c1Cl. The maximum absolute atomic E-state index is 11.3. The molecule has 0 fully saturated rings. The van der Waals surface area contributed by atoms with Gasteiger partial charge in [0.25, 0.3) is 0 Å². The van der Waals surface area contributed by atoms with Crippen LogP contribution in [0, 0.1) is 27.0 Å². The number of nitrogens with two attached hydrogens (primary N) is 1. The molecule has 0 aliphatic rings. The second-order valence-corrected chi connectivity index (χ2v) is 31.8. The smallest absolute Gasteiger partial charge is 0.247 e. The van der Waals surface area contributed by atoms with E-state index in [0.29, 0.717) is 56.4 Å². The third-order valence-electron chi connectivity index (χ3n) is 13.1. The molecular weight excluding hydrogens is 1050 g/mol. The summed E-state index contributed by atoms with van der Waals surface area (Å²) in [6.45, 7) is 47.1. The van der Waals surface area contributed by atoms with Gasteiger partial charge in [-0.1, -0.05) is 76.9 Å². The zero-order valence-corrected chi connectivity index (χ0v) is 49.8. The number of benzene rings is 4. The van der Waals surface area contributed by atoms with Gasteiger partial charge in [0, 0.05) is 47.7 Å². The lowest BCUT2D eigenvalue weighted by molar-refractivity contribution is -0.114. The Morgan fingerprint density at radius 2 is 0.987 bits per heavy atom. The van der Waals surface area contributed by atoms with Crippen LogP contribution in [0.2, 0.25) is 46.3 Å². The fourth-order valence-corrected chi connectivity index (χ4v) is 10.1. The van der Waals surface area contributed by atoms with Crippen molar-refractivity contribution < 1.29 is 27.3 Å². The minimum absolute atomic E-state index is 0.0119. The van der Waals surface area contributed by atoms with Gasteiger partial charge in [-0.15, -0.1) is 20.4 Å². The molecule has 5 N–H and O–H groups in total. The summed E-state index contributed by atoms with van der Waals surface area (Å²) in [4.78, 5) is 27.5. The average Bonchev–Trinajstić information content (AvgIpc) is 4.01. The van der Waals surface area contributed by atoms with Crippen LogP contribution in [0.4, 0.5) is 34.1 Å². The summed E-state index contributed by atoms with van der Waals surface area (Å²) in [6.07, 6.45) is -0.589. The lowest BCUT2D eigenvalue weighted by Crippen LogP contribution is -2.45. The molecule has 2 aromatic heterocycles. The Balaban J connectivity index is 0.000000304. The van der Waals surface area contributed by atoms with Crippen LogP contribution in [-0.2, 0) is 18.4 Å². The third kappa shape index (κ3) is 16.4. The molecule has 75 heavy (non-hydrogen) atoms. The number of rotatable bonds is 15. The number of carbonyl (C=O) groups is 2. The van der Waals surface area contributed by atoms with E-state index in [1.807, 2.05) is 64.1 Å². The van der Waals surface area contributed by atoms with Crippen molar-refractivity contribution in [3.05, 3.63) is 129 Å². The molecule has 4 aromatic carbocycles. The van der Waals surface area contributed by atoms with Gasteiger partial charge in [0.2, 0.25) is 46.1 Å². The van der Waals surface area contributed by atoms with Crippen molar-refractivity contribution in [1.82, 2.24) is 20.4 Å². The van der Waals surface area contributed by atoms with Gasteiger partial charge in [-0.3, -0.25) is 9.59 Å². The molecule has 0 radical (unpaired) electrons. The molecule has 2 heterocycles. The second kappa shape index (κ2) is 25.6. The summed E-state index contributed by atoms with van der Waals surface area (Å²) in [7, 11) is -4.22.